The lowest BCUT2D eigenvalue weighted by molar-refractivity contribution is 0.0932. The molecule has 1 aliphatic heterocycles. The summed E-state index contributed by atoms with van der Waals surface area (Å²) in [5, 5.41) is 3.11. The Morgan fingerprint density at radius 2 is 1.77 bits per heavy atom. The van der Waals surface area contributed by atoms with Gasteiger partial charge in [-0.1, -0.05) is 42.5 Å². The lowest BCUT2D eigenvalue weighted by Crippen LogP contribution is -2.50. The smallest absolute Gasteiger partial charge is 0.277 e. The number of rotatable bonds is 10. The van der Waals surface area contributed by atoms with E-state index in [2.05, 4.69) is 26.9 Å². The summed E-state index contributed by atoms with van der Waals surface area (Å²) < 4.78 is 41.4. The number of amides is 1. The van der Waals surface area contributed by atoms with Crippen LogP contribution in [0.25, 0.3) is 0 Å². The molecule has 8 nitrogen and oxygen atoms in total. The van der Waals surface area contributed by atoms with E-state index in [0.717, 1.165) is 31.2 Å². The third kappa shape index (κ3) is 6.61. The predicted molar refractivity (Wildman–Crippen MR) is 135 cm³/mol. The second kappa shape index (κ2) is 11.5. The fourth-order valence-electron chi connectivity index (χ4n) is 5.09. The first-order valence-electron chi connectivity index (χ1n) is 12.3. The zero-order chi connectivity index (χ0) is 24.7. The molecule has 0 radical (unpaired) electrons. The minimum atomic E-state index is -3.60. The SMILES string of the molecule is COc1ccccc1C(=O)NC[C@]1(c2ccccc2)CC[C@H](NS(=O)(=O)NCC2CCCO2)CC1. The van der Waals surface area contributed by atoms with Crippen molar-refractivity contribution in [2.24, 2.45) is 0 Å². The number of ether oxygens (including phenoxy) is 2. The Labute approximate surface area is 208 Å². The first kappa shape index (κ1) is 25.6. The van der Waals surface area contributed by atoms with Crippen LogP contribution in [0.3, 0.4) is 0 Å². The van der Waals surface area contributed by atoms with Crippen LogP contribution >= 0.6 is 0 Å². The number of carbonyl (C=O) groups is 1. The van der Waals surface area contributed by atoms with Crippen LogP contribution < -0.4 is 19.5 Å². The molecule has 190 valence electrons. The maximum atomic E-state index is 13.0. The van der Waals surface area contributed by atoms with E-state index in [1.807, 2.05) is 30.3 Å². The first-order chi connectivity index (χ1) is 16.9. The van der Waals surface area contributed by atoms with Crippen molar-refractivity contribution in [2.45, 2.75) is 56.1 Å². The molecule has 35 heavy (non-hydrogen) atoms. The van der Waals surface area contributed by atoms with Crippen LogP contribution in [-0.2, 0) is 20.4 Å². The normalized spacial score (nSPS) is 24.7. The first-order valence-corrected chi connectivity index (χ1v) is 13.7. The highest BCUT2D eigenvalue weighted by Gasteiger charge is 2.38. The van der Waals surface area contributed by atoms with E-state index in [9.17, 15) is 13.2 Å². The molecule has 1 heterocycles. The maximum Gasteiger partial charge on any atom is 0.277 e. The summed E-state index contributed by atoms with van der Waals surface area (Å²) in [4.78, 5) is 13.0. The van der Waals surface area contributed by atoms with Gasteiger partial charge in [0.05, 0.1) is 18.8 Å². The van der Waals surface area contributed by atoms with Gasteiger partial charge >= 0.3 is 0 Å². The zero-order valence-corrected chi connectivity index (χ0v) is 21.0. The third-order valence-electron chi connectivity index (χ3n) is 7.11. The van der Waals surface area contributed by atoms with Gasteiger partial charge in [-0.3, -0.25) is 4.79 Å². The molecule has 1 amide bonds. The van der Waals surface area contributed by atoms with Gasteiger partial charge in [0.25, 0.3) is 16.1 Å². The molecule has 2 aromatic carbocycles. The number of methoxy groups -OCH3 is 1. The molecule has 2 aliphatic rings. The molecule has 9 heteroatoms. The monoisotopic (exact) mass is 501 g/mol. The fraction of sp³-hybridized carbons (Fsp3) is 0.500. The molecule has 0 spiro atoms. The van der Waals surface area contributed by atoms with E-state index in [-0.39, 0.29) is 23.5 Å². The fourth-order valence-corrected chi connectivity index (χ4v) is 6.26. The van der Waals surface area contributed by atoms with Crippen molar-refractivity contribution in [1.29, 1.82) is 0 Å². The summed E-state index contributed by atoms with van der Waals surface area (Å²) in [6, 6.07) is 17.2. The highest BCUT2D eigenvalue weighted by Crippen LogP contribution is 2.39. The molecule has 1 saturated heterocycles. The standard InChI is InChI=1S/C26H35N3O5S/c1-33-24-12-6-5-11-23(24)25(30)27-19-26(20-8-3-2-4-9-20)15-13-21(14-16-26)29-35(31,32)28-18-22-10-7-17-34-22/h2-6,8-9,11-12,21-22,28-29H,7,10,13-19H2,1H3,(H,27,30)/t21-,22?,26-. The lowest BCUT2D eigenvalue weighted by atomic mass is 9.68. The average molecular weight is 502 g/mol. The minimum Gasteiger partial charge on any atom is -0.496 e. The van der Waals surface area contributed by atoms with Crippen molar-refractivity contribution in [3.05, 3.63) is 65.7 Å². The highest BCUT2D eigenvalue weighted by atomic mass is 32.2. The lowest BCUT2D eigenvalue weighted by Gasteiger charge is -2.41. The van der Waals surface area contributed by atoms with Crippen molar-refractivity contribution < 1.29 is 22.7 Å². The molecule has 1 aliphatic carbocycles. The molecule has 1 atom stereocenters. The van der Waals surface area contributed by atoms with E-state index in [0.29, 0.717) is 43.9 Å². The summed E-state index contributed by atoms with van der Waals surface area (Å²) in [6.07, 6.45) is 4.67. The summed E-state index contributed by atoms with van der Waals surface area (Å²) in [6.45, 7) is 1.45. The van der Waals surface area contributed by atoms with Gasteiger partial charge < -0.3 is 14.8 Å². The Bertz CT molecular complexity index is 1080. The molecule has 2 fully saturated rings. The van der Waals surface area contributed by atoms with Gasteiger partial charge in [-0.15, -0.1) is 0 Å². The topological polar surface area (TPSA) is 106 Å². The number of benzene rings is 2. The molecular weight excluding hydrogens is 466 g/mol. The van der Waals surface area contributed by atoms with Gasteiger partial charge in [-0.05, 0) is 56.2 Å². The van der Waals surface area contributed by atoms with E-state index in [1.165, 1.54) is 0 Å². The van der Waals surface area contributed by atoms with Crippen molar-refractivity contribution in [2.75, 3.05) is 26.8 Å². The molecule has 4 rings (SSSR count). The minimum absolute atomic E-state index is 0.0458. The van der Waals surface area contributed by atoms with Crippen molar-refractivity contribution in [3.63, 3.8) is 0 Å². The number of carbonyl (C=O) groups excluding carboxylic acids is 1. The molecule has 1 unspecified atom stereocenters. The van der Waals surface area contributed by atoms with Crippen molar-refractivity contribution >= 4 is 16.1 Å². The number of hydrogen-bond acceptors (Lipinski definition) is 5. The number of hydrogen-bond donors (Lipinski definition) is 3. The number of nitrogens with one attached hydrogen (secondary N) is 3. The quantitative estimate of drug-likeness (QED) is 0.464. The van der Waals surface area contributed by atoms with Crippen LogP contribution in [0.2, 0.25) is 0 Å². The third-order valence-corrected chi connectivity index (χ3v) is 8.30. The van der Waals surface area contributed by atoms with Crippen molar-refractivity contribution in [1.82, 2.24) is 14.8 Å². The molecule has 1 saturated carbocycles. The van der Waals surface area contributed by atoms with Gasteiger partial charge in [-0.25, -0.2) is 0 Å². The molecule has 0 bridgehead atoms. The van der Waals surface area contributed by atoms with Gasteiger partial charge in [0.1, 0.15) is 5.75 Å². The van der Waals surface area contributed by atoms with E-state index < -0.39 is 10.2 Å². The Morgan fingerprint density at radius 1 is 1.06 bits per heavy atom. The Balaban J connectivity index is 1.39. The van der Waals surface area contributed by atoms with Crippen LogP contribution in [0, 0.1) is 0 Å². The van der Waals surface area contributed by atoms with Crippen molar-refractivity contribution in [3.8, 4) is 5.75 Å². The Hall–Kier alpha value is -2.46. The second-order valence-corrected chi connectivity index (χ2v) is 10.9. The molecule has 2 aromatic rings. The van der Waals surface area contributed by atoms with E-state index >= 15 is 0 Å². The molecule has 3 N–H and O–H groups in total. The summed E-state index contributed by atoms with van der Waals surface area (Å²) >= 11 is 0. The van der Waals surface area contributed by atoms with E-state index in [1.54, 1.807) is 19.2 Å². The van der Waals surface area contributed by atoms with Crippen LogP contribution in [0.4, 0.5) is 0 Å². The molecule has 0 aromatic heterocycles. The summed E-state index contributed by atoms with van der Waals surface area (Å²) in [7, 11) is -2.05. The second-order valence-electron chi connectivity index (χ2n) is 9.41. The largest absolute Gasteiger partial charge is 0.496 e. The zero-order valence-electron chi connectivity index (χ0n) is 20.2. The van der Waals surface area contributed by atoms with Gasteiger partial charge in [0, 0.05) is 31.2 Å². The van der Waals surface area contributed by atoms with Crippen LogP contribution in [0.5, 0.6) is 5.75 Å². The van der Waals surface area contributed by atoms with Crippen LogP contribution in [0.1, 0.15) is 54.4 Å². The maximum absolute atomic E-state index is 13.0. The van der Waals surface area contributed by atoms with Crippen LogP contribution in [0.15, 0.2) is 54.6 Å². The summed E-state index contributed by atoms with van der Waals surface area (Å²) in [5.41, 5.74) is 1.38. The van der Waals surface area contributed by atoms with Gasteiger partial charge in [0.2, 0.25) is 0 Å². The summed E-state index contributed by atoms with van der Waals surface area (Å²) in [5.74, 6) is 0.353. The Kier molecular flexibility index (Phi) is 8.43. The predicted octanol–water partition coefficient (Wildman–Crippen LogP) is 2.91. The van der Waals surface area contributed by atoms with E-state index in [4.69, 9.17) is 9.47 Å². The number of para-hydroxylation sites is 1. The van der Waals surface area contributed by atoms with Gasteiger partial charge in [-0.2, -0.15) is 17.9 Å². The molecular formula is C26H35N3O5S. The van der Waals surface area contributed by atoms with Crippen LogP contribution in [-0.4, -0.2) is 53.3 Å². The Morgan fingerprint density at radius 3 is 2.46 bits per heavy atom. The average Bonchev–Trinajstić information content (AvgIpc) is 3.41. The van der Waals surface area contributed by atoms with Gasteiger partial charge in [0.15, 0.2) is 0 Å². The highest BCUT2D eigenvalue weighted by molar-refractivity contribution is 7.87.